The summed E-state index contributed by atoms with van der Waals surface area (Å²) in [6.45, 7) is 9.41. The summed E-state index contributed by atoms with van der Waals surface area (Å²) in [6.07, 6.45) is 7.15. The Morgan fingerprint density at radius 3 is 1.05 bits per heavy atom. The molecule has 0 spiro atoms. The second-order valence-electron chi connectivity index (χ2n) is 27.7. The van der Waals surface area contributed by atoms with E-state index in [-0.39, 0.29) is 72.7 Å². The van der Waals surface area contributed by atoms with Crippen LogP contribution in [0.15, 0.2) is 218 Å². The molecule has 0 saturated carbocycles. The molecule has 11 atom stereocenters. The molecule has 9 aliphatic rings. The van der Waals surface area contributed by atoms with Gasteiger partial charge in [0.2, 0.25) is 0 Å². The number of ether oxygens (including phenoxy) is 16. The summed E-state index contributed by atoms with van der Waals surface area (Å²) in [5, 5.41) is 0. The molecule has 0 amide bonds. The summed E-state index contributed by atoms with van der Waals surface area (Å²) in [4.78, 5) is 0. The molecule has 18 rings (SSSR count). The predicted octanol–water partition coefficient (Wildman–Crippen LogP) is 14.2. The lowest BCUT2D eigenvalue weighted by molar-refractivity contribution is -0.0796. The van der Waals surface area contributed by atoms with Crippen LogP contribution in [-0.4, -0.2) is 161 Å². The van der Waals surface area contributed by atoms with E-state index in [2.05, 4.69) is 170 Å². The van der Waals surface area contributed by atoms with Gasteiger partial charge in [0, 0.05) is 34.4 Å². The van der Waals surface area contributed by atoms with E-state index in [1.54, 1.807) is 0 Å². The molecule has 8 fully saturated rings. The van der Waals surface area contributed by atoms with Gasteiger partial charge in [0.1, 0.15) is 129 Å². The van der Waals surface area contributed by atoms with Gasteiger partial charge in [-0.25, -0.2) is 0 Å². The van der Waals surface area contributed by atoms with Crippen molar-refractivity contribution in [3.05, 3.63) is 252 Å². The van der Waals surface area contributed by atoms with Gasteiger partial charge in [0.15, 0.2) is 0 Å². The first-order valence-electron chi connectivity index (χ1n) is 35.8. The standard InChI is InChI=1S/C86H80O16/c1-5-59(85(77-33-61(17-29-81(77)98-49-72-45-94-72)55-9-21-65(22-10-55)88-39-69-42-91-69)78-34-62(18-30-82(78)99-50-73-46-95-73)56-11-23-66(24-12-56)89-40-70-43-92-70)6-2-53(1)54-3-7-60(8-4-54)86(79-35-63(19-31-83(79)100-51-74-47-96-74)57-13-25-67(26-14-57)90-41-71-44-93-71)80-36-64(20-32-84(80)101-52-75-48-97-75)58-15-27-68(28-16-58)102-76-37-87-38-76/h1-36,69-77,81,85-86H,37-52H2. The average molecular weight is 1370 g/mol. The SMILES string of the molecule is C1=CC(OCC2CO2)C(C(c2ccc(-c3ccc(C(c4cc(-c5ccc(OCC6CO6)cc5)ccc4OCC4CO4)c4cc(-c5ccc(OC6COC6)cc5)ccc4OCC4CO4)cc3)cc2)c2cc(-c3ccc(OCC4CO4)cc3)ccc2OCC2CO2)C=C1c1ccc(OCC2CO2)cc1. The monoisotopic (exact) mass is 1370 g/mol. The minimum Gasteiger partial charge on any atom is -0.491 e. The molecule has 1 aliphatic carbocycles. The molecular formula is C86H80O16. The second-order valence-corrected chi connectivity index (χ2v) is 27.7. The van der Waals surface area contributed by atoms with Gasteiger partial charge in [0.25, 0.3) is 0 Å². The highest BCUT2D eigenvalue weighted by atomic mass is 16.6. The zero-order valence-corrected chi connectivity index (χ0v) is 56.6. The van der Waals surface area contributed by atoms with Crippen LogP contribution in [0, 0.1) is 5.92 Å². The molecular weight excluding hydrogens is 1290 g/mol. The Morgan fingerprint density at radius 2 is 0.647 bits per heavy atom. The quantitative estimate of drug-likeness (QED) is 0.0275. The van der Waals surface area contributed by atoms with Gasteiger partial charge in [-0.3, -0.25) is 0 Å². The van der Waals surface area contributed by atoms with Gasteiger partial charge in [-0.15, -0.1) is 0 Å². The lowest BCUT2D eigenvalue weighted by atomic mass is 9.73. The van der Waals surface area contributed by atoms with Crippen molar-refractivity contribution in [2.24, 2.45) is 5.92 Å². The molecule has 102 heavy (non-hydrogen) atoms. The molecule has 9 aromatic carbocycles. The molecule has 9 aromatic rings. The summed E-state index contributed by atoms with van der Waals surface area (Å²) in [6, 6.07) is 71.0. The molecule has 8 saturated heterocycles. The summed E-state index contributed by atoms with van der Waals surface area (Å²) >= 11 is 0. The van der Waals surface area contributed by atoms with Gasteiger partial charge in [-0.05, 0) is 152 Å². The van der Waals surface area contributed by atoms with Gasteiger partial charge in [-0.1, -0.05) is 133 Å². The first kappa shape index (κ1) is 64.8. The van der Waals surface area contributed by atoms with E-state index >= 15 is 0 Å². The summed E-state index contributed by atoms with van der Waals surface area (Å²) < 4.78 is 96.8. The Bertz CT molecular complexity index is 4430. The van der Waals surface area contributed by atoms with Crippen LogP contribution < -0.4 is 33.2 Å². The first-order valence-corrected chi connectivity index (χ1v) is 35.8. The topological polar surface area (TPSA) is 171 Å². The van der Waals surface area contributed by atoms with E-state index in [0.29, 0.717) is 85.9 Å². The third-order valence-electron chi connectivity index (χ3n) is 20.0. The first-order chi connectivity index (χ1) is 50.4. The third kappa shape index (κ3) is 16.1. The maximum absolute atomic E-state index is 6.97. The Balaban J connectivity index is 0.729. The highest BCUT2D eigenvalue weighted by Gasteiger charge is 2.38. The van der Waals surface area contributed by atoms with Crippen molar-refractivity contribution in [1.82, 2.24) is 0 Å². The smallest absolute Gasteiger partial charge is 0.145 e. The zero-order valence-electron chi connectivity index (χ0n) is 56.6. The van der Waals surface area contributed by atoms with E-state index in [0.717, 1.165) is 144 Å². The van der Waals surface area contributed by atoms with Crippen molar-refractivity contribution in [1.29, 1.82) is 0 Å². The molecule has 11 unspecified atom stereocenters. The number of hydrogen-bond donors (Lipinski definition) is 0. The molecule has 520 valence electrons. The molecule has 16 heteroatoms. The van der Waals surface area contributed by atoms with E-state index in [9.17, 15) is 0 Å². The molecule has 16 nitrogen and oxygen atoms in total. The number of benzene rings is 9. The van der Waals surface area contributed by atoms with E-state index in [1.165, 1.54) is 0 Å². The average Bonchev–Trinajstić information content (AvgIpc) is 1.73. The van der Waals surface area contributed by atoms with Crippen molar-refractivity contribution >= 4 is 5.57 Å². The van der Waals surface area contributed by atoms with Crippen molar-refractivity contribution in [2.45, 2.75) is 66.8 Å². The second kappa shape index (κ2) is 29.2. The Labute approximate surface area is 593 Å². The summed E-state index contributed by atoms with van der Waals surface area (Å²) in [5.74, 6) is 4.65. The fraction of sp³-hybridized carbons (Fsp3) is 0.326. The lowest BCUT2D eigenvalue weighted by Crippen LogP contribution is -2.38. The van der Waals surface area contributed by atoms with Crippen molar-refractivity contribution in [3.63, 3.8) is 0 Å². The fourth-order valence-electron chi connectivity index (χ4n) is 13.4. The van der Waals surface area contributed by atoms with Crippen molar-refractivity contribution in [3.8, 4) is 84.8 Å². The van der Waals surface area contributed by atoms with Crippen LogP contribution in [0.4, 0.5) is 0 Å². The molecule has 8 aliphatic heterocycles. The molecule has 8 heterocycles. The minimum absolute atomic E-state index is 0.0248. The highest BCUT2D eigenvalue weighted by Crippen LogP contribution is 2.49. The normalized spacial score (nSPS) is 23.7. The van der Waals surface area contributed by atoms with Gasteiger partial charge < -0.3 is 75.8 Å². The van der Waals surface area contributed by atoms with E-state index in [1.807, 2.05) is 48.5 Å². The third-order valence-corrected chi connectivity index (χ3v) is 20.0. The molecule has 0 aromatic heterocycles. The highest BCUT2D eigenvalue weighted by molar-refractivity contribution is 5.77. The predicted molar refractivity (Wildman–Crippen MR) is 383 cm³/mol. The van der Waals surface area contributed by atoms with Crippen LogP contribution in [0.25, 0.3) is 50.1 Å². The largest absolute Gasteiger partial charge is 0.491 e. The molecule has 0 radical (unpaired) electrons. The Kier molecular flexibility index (Phi) is 18.6. The van der Waals surface area contributed by atoms with Crippen LogP contribution in [0.3, 0.4) is 0 Å². The van der Waals surface area contributed by atoms with Gasteiger partial charge in [0.05, 0.1) is 72.2 Å². The van der Waals surface area contributed by atoms with Crippen LogP contribution in [0.1, 0.15) is 45.2 Å². The Hall–Kier alpha value is -9.30. The van der Waals surface area contributed by atoms with Crippen molar-refractivity contribution in [2.75, 3.05) is 106 Å². The van der Waals surface area contributed by atoms with E-state index in [4.69, 9.17) is 75.8 Å². The number of allylic oxidation sites excluding steroid dienone is 2. The fourth-order valence-corrected chi connectivity index (χ4v) is 13.4. The van der Waals surface area contributed by atoms with Gasteiger partial charge in [-0.2, -0.15) is 0 Å². The van der Waals surface area contributed by atoms with Crippen LogP contribution in [0.5, 0.6) is 40.2 Å². The maximum atomic E-state index is 6.97. The summed E-state index contributed by atoms with van der Waals surface area (Å²) in [5.41, 5.74) is 15.7. The number of rotatable bonds is 34. The van der Waals surface area contributed by atoms with Gasteiger partial charge >= 0.3 is 0 Å². The van der Waals surface area contributed by atoms with E-state index < -0.39 is 0 Å². The van der Waals surface area contributed by atoms with Crippen LogP contribution >= 0.6 is 0 Å². The Morgan fingerprint density at radius 1 is 0.314 bits per heavy atom. The number of epoxide rings is 7. The molecule has 0 bridgehead atoms. The maximum Gasteiger partial charge on any atom is 0.145 e. The minimum atomic E-state index is -0.389. The summed E-state index contributed by atoms with van der Waals surface area (Å²) in [7, 11) is 0. The number of hydrogen-bond acceptors (Lipinski definition) is 16. The molecule has 0 N–H and O–H groups in total. The zero-order chi connectivity index (χ0) is 67.7. The lowest BCUT2D eigenvalue weighted by Gasteiger charge is -2.35. The van der Waals surface area contributed by atoms with Crippen LogP contribution in [0.2, 0.25) is 0 Å². The van der Waals surface area contributed by atoms with Crippen molar-refractivity contribution < 1.29 is 75.8 Å². The van der Waals surface area contributed by atoms with Crippen LogP contribution in [-0.2, 0) is 42.6 Å².